The Morgan fingerprint density at radius 1 is 1.17 bits per heavy atom. The number of amides is 1. The van der Waals surface area contributed by atoms with E-state index in [1.807, 2.05) is 61.5 Å². The summed E-state index contributed by atoms with van der Waals surface area (Å²) in [5.74, 6) is 0.654. The van der Waals surface area contributed by atoms with Crippen molar-refractivity contribution in [2.75, 3.05) is 12.0 Å². The molecule has 1 amide bonds. The van der Waals surface area contributed by atoms with Crippen molar-refractivity contribution in [3.63, 3.8) is 0 Å². The largest absolute Gasteiger partial charge is 0.497 e. The maximum absolute atomic E-state index is 12.7. The smallest absolute Gasteiger partial charge is 0.270 e. The van der Waals surface area contributed by atoms with Crippen LogP contribution >= 0.6 is 24.0 Å². The second kappa shape index (κ2) is 6.56. The minimum Gasteiger partial charge on any atom is -0.497 e. The van der Waals surface area contributed by atoms with E-state index in [1.165, 1.54) is 11.8 Å². The molecule has 0 N–H and O–H groups in total. The highest BCUT2D eigenvalue weighted by Gasteiger charge is 2.33. The predicted octanol–water partition coefficient (Wildman–Crippen LogP) is 4.41. The molecule has 116 valence electrons. The van der Waals surface area contributed by atoms with Gasteiger partial charge in [-0.3, -0.25) is 9.69 Å². The van der Waals surface area contributed by atoms with Crippen LogP contribution in [0.3, 0.4) is 0 Å². The number of thiocarbonyl (C=S) groups is 1. The molecule has 3 nitrogen and oxygen atoms in total. The number of nitrogens with zero attached hydrogens (tertiary/aromatic N) is 1. The number of ether oxygens (including phenoxy) is 1. The zero-order chi connectivity index (χ0) is 16.4. The second-order valence-electron chi connectivity index (χ2n) is 5.13. The highest BCUT2D eigenvalue weighted by molar-refractivity contribution is 8.27. The fraction of sp³-hybridized carbons (Fsp3) is 0.111. The molecule has 0 saturated carbocycles. The Morgan fingerprint density at radius 3 is 2.57 bits per heavy atom. The fourth-order valence-electron chi connectivity index (χ4n) is 2.33. The Balaban J connectivity index is 1.90. The van der Waals surface area contributed by atoms with Gasteiger partial charge in [0, 0.05) is 0 Å². The Hall–Kier alpha value is -2.11. The van der Waals surface area contributed by atoms with Crippen molar-refractivity contribution >= 4 is 46.0 Å². The van der Waals surface area contributed by atoms with E-state index < -0.39 is 0 Å². The molecule has 0 radical (unpaired) electrons. The molecule has 0 aliphatic carbocycles. The van der Waals surface area contributed by atoms with E-state index in [4.69, 9.17) is 17.0 Å². The number of carbonyl (C=O) groups is 1. The van der Waals surface area contributed by atoms with Gasteiger partial charge < -0.3 is 4.74 Å². The number of rotatable bonds is 3. The summed E-state index contributed by atoms with van der Waals surface area (Å²) in [6, 6.07) is 15.3. The van der Waals surface area contributed by atoms with Crippen molar-refractivity contribution in [1.82, 2.24) is 0 Å². The Kier molecular flexibility index (Phi) is 4.50. The Morgan fingerprint density at radius 2 is 1.91 bits per heavy atom. The van der Waals surface area contributed by atoms with Crippen molar-refractivity contribution in [1.29, 1.82) is 0 Å². The number of anilines is 1. The van der Waals surface area contributed by atoms with Crippen LogP contribution in [0.1, 0.15) is 11.1 Å². The minimum absolute atomic E-state index is 0.0910. The van der Waals surface area contributed by atoms with E-state index in [0.29, 0.717) is 9.23 Å². The first-order valence-corrected chi connectivity index (χ1v) is 8.29. The molecule has 2 aromatic carbocycles. The fourth-order valence-corrected chi connectivity index (χ4v) is 3.63. The van der Waals surface area contributed by atoms with Gasteiger partial charge >= 0.3 is 0 Å². The number of benzene rings is 2. The molecular formula is C18H15NO2S2. The molecule has 0 atom stereocenters. The lowest BCUT2D eigenvalue weighted by Crippen LogP contribution is -2.27. The zero-order valence-electron chi connectivity index (χ0n) is 12.8. The van der Waals surface area contributed by atoms with Crippen LogP contribution in [0.5, 0.6) is 5.75 Å². The van der Waals surface area contributed by atoms with E-state index in [9.17, 15) is 4.79 Å². The van der Waals surface area contributed by atoms with Crippen LogP contribution in [0.25, 0.3) is 6.08 Å². The standard InChI is InChI=1S/C18H15NO2S2/c1-12-4-3-5-13(10-12)11-16-17(20)19(18(22)23-16)14-6-8-15(21-2)9-7-14/h3-11H,1-2H3/b16-11+. The molecule has 2 aromatic rings. The summed E-state index contributed by atoms with van der Waals surface area (Å²) < 4.78 is 5.68. The highest BCUT2D eigenvalue weighted by Crippen LogP contribution is 2.36. The van der Waals surface area contributed by atoms with Gasteiger partial charge in [-0.05, 0) is 42.8 Å². The normalized spacial score (nSPS) is 16.3. The average molecular weight is 341 g/mol. The van der Waals surface area contributed by atoms with Crippen LogP contribution in [0.4, 0.5) is 5.69 Å². The van der Waals surface area contributed by atoms with Gasteiger partial charge in [0.25, 0.3) is 5.91 Å². The Bertz CT molecular complexity index is 797. The molecule has 1 aliphatic heterocycles. The summed E-state index contributed by atoms with van der Waals surface area (Å²) >= 11 is 6.70. The van der Waals surface area contributed by atoms with Crippen LogP contribution in [0.15, 0.2) is 53.4 Å². The van der Waals surface area contributed by atoms with Crippen molar-refractivity contribution in [2.24, 2.45) is 0 Å². The molecule has 1 fully saturated rings. The third-order valence-electron chi connectivity index (χ3n) is 3.46. The van der Waals surface area contributed by atoms with Gasteiger partial charge in [-0.1, -0.05) is 53.8 Å². The van der Waals surface area contributed by atoms with Gasteiger partial charge in [-0.15, -0.1) is 0 Å². The maximum Gasteiger partial charge on any atom is 0.270 e. The van der Waals surface area contributed by atoms with E-state index in [2.05, 4.69) is 0 Å². The summed E-state index contributed by atoms with van der Waals surface area (Å²) in [6.45, 7) is 2.03. The highest BCUT2D eigenvalue weighted by atomic mass is 32.2. The molecule has 23 heavy (non-hydrogen) atoms. The van der Waals surface area contributed by atoms with Crippen LogP contribution in [-0.4, -0.2) is 17.3 Å². The molecule has 0 unspecified atom stereocenters. The van der Waals surface area contributed by atoms with Gasteiger partial charge in [0.05, 0.1) is 17.7 Å². The molecule has 0 spiro atoms. The summed E-state index contributed by atoms with van der Waals surface area (Å²) in [7, 11) is 1.61. The summed E-state index contributed by atoms with van der Waals surface area (Å²) in [5, 5.41) is 0. The summed E-state index contributed by atoms with van der Waals surface area (Å²) in [5.41, 5.74) is 2.91. The molecule has 0 aromatic heterocycles. The van der Waals surface area contributed by atoms with Crippen LogP contribution in [0, 0.1) is 6.92 Å². The molecule has 0 bridgehead atoms. The lowest BCUT2D eigenvalue weighted by Gasteiger charge is -2.14. The summed E-state index contributed by atoms with van der Waals surface area (Å²) in [4.78, 5) is 14.9. The molecule has 1 aliphatic rings. The number of hydrogen-bond acceptors (Lipinski definition) is 4. The third-order valence-corrected chi connectivity index (χ3v) is 4.77. The number of carbonyl (C=O) groups excluding carboxylic acids is 1. The SMILES string of the molecule is COc1ccc(N2C(=O)/C(=C\c3cccc(C)c3)SC2=S)cc1. The number of aryl methyl sites for hydroxylation is 1. The van der Waals surface area contributed by atoms with E-state index >= 15 is 0 Å². The van der Waals surface area contributed by atoms with Crippen molar-refractivity contribution in [3.8, 4) is 5.75 Å². The number of thioether (sulfide) groups is 1. The minimum atomic E-state index is -0.0910. The Labute approximate surface area is 144 Å². The first-order valence-electron chi connectivity index (χ1n) is 7.07. The second-order valence-corrected chi connectivity index (χ2v) is 6.81. The van der Waals surface area contributed by atoms with E-state index in [-0.39, 0.29) is 5.91 Å². The lowest BCUT2D eigenvalue weighted by atomic mass is 10.1. The van der Waals surface area contributed by atoms with Gasteiger partial charge in [0.2, 0.25) is 0 Å². The van der Waals surface area contributed by atoms with E-state index in [0.717, 1.165) is 22.6 Å². The van der Waals surface area contributed by atoms with Gasteiger partial charge in [0.15, 0.2) is 4.32 Å². The molecular weight excluding hydrogens is 326 g/mol. The van der Waals surface area contributed by atoms with Crippen molar-refractivity contribution in [2.45, 2.75) is 6.92 Å². The average Bonchev–Trinajstić information content (AvgIpc) is 2.81. The lowest BCUT2D eigenvalue weighted by molar-refractivity contribution is -0.113. The first kappa shape index (κ1) is 15.8. The first-order chi connectivity index (χ1) is 11.1. The summed E-state index contributed by atoms with van der Waals surface area (Å²) in [6.07, 6.45) is 1.88. The van der Waals surface area contributed by atoms with Gasteiger partial charge in [-0.25, -0.2) is 0 Å². The van der Waals surface area contributed by atoms with E-state index in [1.54, 1.807) is 12.0 Å². The molecule has 3 rings (SSSR count). The monoisotopic (exact) mass is 341 g/mol. The molecule has 1 heterocycles. The zero-order valence-corrected chi connectivity index (χ0v) is 14.4. The number of methoxy groups -OCH3 is 1. The van der Waals surface area contributed by atoms with Crippen LogP contribution in [0.2, 0.25) is 0 Å². The molecule has 5 heteroatoms. The topological polar surface area (TPSA) is 29.5 Å². The van der Waals surface area contributed by atoms with Crippen molar-refractivity contribution in [3.05, 3.63) is 64.6 Å². The predicted molar refractivity (Wildman–Crippen MR) is 99.8 cm³/mol. The van der Waals surface area contributed by atoms with Gasteiger partial charge in [0.1, 0.15) is 5.75 Å². The van der Waals surface area contributed by atoms with Crippen LogP contribution in [-0.2, 0) is 4.79 Å². The third kappa shape index (κ3) is 3.30. The quantitative estimate of drug-likeness (QED) is 0.611. The maximum atomic E-state index is 12.7. The number of hydrogen-bond donors (Lipinski definition) is 0. The molecule has 1 saturated heterocycles. The van der Waals surface area contributed by atoms with Gasteiger partial charge in [-0.2, -0.15) is 0 Å². The van der Waals surface area contributed by atoms with Crippen molar-refractivity contribution < 1.29 is 9.53 Å². The van der Waals surface area contributed by atoms with Crippen LogP contribution < -0.4 is 9.64 Å².